The molecule has 2 saturated heterocycles. The third-order valence-electron chi connectivity index (χ3n) is 4.20. The van der Waals surface area contributed by atoms with E-state index >= 15 is 0 Å². The highest BCUT2D eigenvalue weighted by atomic mass is 16.2. The van der Waals surface area contributed by atoms with E-state index in [1.807, 2.05) is 0 Å². The van der Waals surface area contributed by atoms with Gasteiger partial charge in [0.15, 0.2) is 0 Å². The van der Waals surface area contributed by atoms with E-state index in [1.165, 1.54) is 19.3 Å². The van der Waals surface area contributed by atoms with Gasteiger partial charge in [-0.05, 0) is 58.2 Å². The smallest absolute Gasteiger partial charge is 0.226 e. The fraction of sp³-hybridized carbons (Fsp3) is 0.929. The third kappa shape index (κ3) is 3.69. The Balaban J connectivity index is 1.81. The number of carbonyl (C=O) groups is 1. The quantitative estimate of drug-likeness (QED) is 0.815. The van der Waals surface area contributed by atoms with Gasteiger partial charge in [0.25, 0.3) is 0 Å². The highest BCUT2D eigenvalue weighted by molar-refractivity contribution is 5.79. The van der Waals surface area contributed by atoms with E-state index < -0.39 is 0 Å². The first-order valence-corrected chi connectivity index (χ1v) is 7.52. The molecule has 0 aromatic rings. The number of hydrogen-bond donors (Lipinski definition) is 1. The van der Waals surface area contributed by atoms with Crippen LogP contribution in [-0.2, 0) is 4.79 Å². The molecule has 0 aromatic carbocycles. The van der Waals surface area contributed by atoms with Crippen LogP contribution in [0, 0.1) is 5.92 Å². The summed E-state index contributed by atoms with van der Waals surface area (Å²) in [5.74, 6) is 0.654. The Hall–Kier alpha value is -0.610. The van der Waals surface area contributed by atoms with Gasteiger partial charge in [-0.2, -0.15) is 0 Å². The van der Waals surface area contributed by atoms with Crippen LogP contribution >= 0.6 is 0 Å². The largest absolute Gasteiger partial charge is 0.342 e. The van der Waals surface area contributed by atoms with Gasteiger partial charge in [-0.3, -0.25) is 4.79 Å². The lowest BCUT2D eigenvalue weighted by Gasteiger charge is -2.36. The first-order chi connectivity index (χ1) is 8.81. The number of carbonyl (C=O) groups excluding carboxylic acids is 1. The molecule has 0 bridgehead atoms. The first kappa shape index (κ1) is 13.8. The average Bonchev–Trinajstić information content (AvgIpc) is 2.45. The van der Waals surface area contributed by atoms with Gasteiger partial charge in [0.05, 0.1) is 5.92 Å². The third-order valence-corrected chi connectivity index (χ3v) is 4.20. The average molecular weight is 253 g/mol. The van der Waals surface area contributed by atoms with E-state index in [9.17, 15) is 4.79 Å². The van der Waals surface area contributed by atoms with E-state index in [-0.39, 0.29) is 5.92 Å². The second-order valence-electron chi connectivity index (χ2n) is 5.67. The van der Waals surface area contributed by atoms with E-state index in [0.717, 1.165) is 58.5 Å². The van der Waals surface area contributed by atoms with Crippen molar-refractivity contribution in [3.63, 3.8) is 0 Å². The number of hydrogen-bond acceptors (Lipinski definition) is 3. The second kappa shape index (κ2) is 7.10. The molecule has 0 spiro atoms. The molecular weight excluding hydrogens is 226 g/mol. The van der Waals surface area contributed by atoms with Gasteiger partial charge < -0.3 is 15.5 Å². The van der Waals surface area contributed by atoms with Gasteiger partial charge in [-0.1, -0.05) is 0 Å². The fourth-order valence-corrected chi connectivity index (χ4v) is 3.15. The predicted molar refractivity (Wildman–Crippen MR) is 73.3 cm³/mol. The summed E-state index contributed by atoms with van der Waals surface area (Å²) in [4.78, 5) is 17.0. The lowest BCUT2D eigenvalue weighted by Crippen LogP contribution is -2.46. The van der Waals surface area contributed by atoms with E-state index in [2.05, 4.69) is 9.80 Å². The van der Waals surface area contributed by atoms with Gasteiger partial charge in [-0.15, -0.1) is 0 Å². The zero-order chi connectivity index (χ0) is 12.8. The molecule has 2 rings (SSSR count). The predicted octanol–water partition coefficient (Wildman–Crippen LogP) is 1.06. The topological polar surface area (TPSA) is 49.6 Å². The molecule has 2 N–H and O–H groups in total. The van der Waals surface area contributed by atoms with Crippen molar-refractivity contribution in [1.29, 1.82) is 0 Å². The van der Waals surface area contributed by atoms with Crippen molar-refractivity contribution < 1.29 is 4.79 Å². The summed E-state index contributed by atoms with van der Waals surface area (Å²) in [7, 11) is 0. The van der Waals surface area contributed by atoms with E-state index in [1.54, 1.807) is 0 Å². The molecule has 2 fully saturated rings. The van der Waals surface area contributed by atoms with Crippen LogP contribution < -0.4 is 5.73 Å². The molecule has 2 aliphatic heterocycles. The Morgan fingerprint density at radius 3 is 2.61 bits per heavy atom. The molecule has 1 atom stereocenters. The van der Waals surface area contributed by atoms with Crippen molar-refractivity contribution in [2.24, 2.45) is 11.7 Å². The van der Waals surface area contributed by atoms with E-state index in [0.29, 0.717) is 5.91 Å². The molecule has 0 aliphatic carbocycles. The molecular formula is C14H27N3O. The van der Waals surface area contributed by atoms with Crippen molar-refractivity contribution >= 4 is 5.91 Å². The lowest BCUT2D eigenvalue weighted by molar-refractivity contribution is -0.138. The van der Waals surface area contributed by atoms with Crippen molar-refractivity contribution in [3.05, 3.63) is 0 Å². The number of amides is 1. The van der Waals surface area contributed by atoms with Gasteiger partial charge in [0.2, 0.25) is 5.91 Å². The number of likely N-dealkylation sites (tertiary alicyclic amines) is 2. The molecule has 1 amide bonds. The zero-order valence-electron chi connectivity index (χ0n) is 11.4. The van der Waals surface area contributed by atoms with Crippen molar-refractivity contribution in [3.8, 4) is 0 Å². The second-order valence-corrected chi connectivity index (χ2v) is 5.67. The maximum atomic E-state index is 12.4. The van der Waals surface area contributed by atoms with Gasteiger partial charge in [0.1, 0.15) is 0 Å². The van der Waals surface area contributed by atoms with Crippen LogP contribution in [0.25, 0.3) is 0 Å². The number of nitrogens with two attached hydrogens (primary N) is 1. The van der Waals surface area contributed by atoms with Gasteiger partial charge in [0, 0.05) is 19.6 Å². The van der Waals surface area contributed by atoms with Crippen LogP contribution in [0.15, 0.2) is 0 Å². The molecule has 18 heavy (non-hydrogen) atoms. The Morgan fingerprint density at radius 2 is 1.89 bits per heavy atom. The normalized spacial score (nSPS) is 26.3. The molecule has 4 heteroatoms. The maximum absolute atomic E-state index is 12.4. The molecule has 1 unspecified atom stereocenters. The Labute approximate surface area is 110 Å². The summed E-state index contributed by atoms with van der Waals surface area (Å²) in [6.07, 6.45) is 6.95. The number of piperidine rings is 2. The number of rotatable bonds is 4. The minimum atomic E-state index is 0.245. The zero-order valence-corrected chi connectivity index (χ0v) is 11.4. The SMILES string of the molecule is NCCCN1CCCC(C(=O)N2CCCCC2)C1. The van der Waals surface area contributed by atoms with Crippen molar-refractivity contribution in [2.45, 2.75) is 38.5 Å². The standard InChI is InChI=1S/C14H27N3O/c15-7-5-9-16-8-4-6-13(12-16)14(18)17-10-2-1-3-11-17/h13H,1-12,15H2. The Morgan fingerprint density at radius 1 is 1.11 bits per heavy atom. The summed E-state index contributed by atoms with van der Waals surface area (Å²) in [6, 6.07) is 0. The van der Waals surface area contributed by atoms with Crippen LogP contribution in [0.1, 0.15) is 38.5 Å². The monoisotopic (exact) mass is 253 g/mol. The molecule has 0 saturated carbocycles. The summed E-state index contributed by atoms with van der Waals surface area (Å²) in [5.41, 5.74) is 5.56. The van der Waals surface area contributed by atoms with Crippen molar-refractivity contribution in [1.82, 2.24) is 9.80 Å². The molecule has 104 valence electrons. The van der Waals surface area contributed by atoms with Gasteiger partial charge >= 0.3 is 0 Å². The van der Waals surface area contributed by atoms with Crippen LogP contribution in [0.4, 0.5) is 0 Å². The minimum absolute atomic E-state index is 0.245. The lowest BCUT2D eigenvalue weighted by atomic mass is 9.95. The highest BCUT2D eigenvalue weighted by Crippen LogP contribution is 2.21. The molecule has 2 heterocycles. The minimum Gasteiger partial charge on any atom is -0.342 e. The number of nitrogens with zero attached hydrogens (tertiary/aromatic N) is 2. The van der Waals surface area contributed by atoms with Crippen LogP contribution in [-0.4, -0.2) is 55.0 Å². The fourth-order valence-electron chi connectivity index (χ4n) is 3.15. The molecule has 0 radical (unpaired) electrons. The first-order valence-electron chi connectivity index (χ1n) is 7.52. The molecule has 2 aliphatic rings. The van der Waals surface area contributed by atoms with Crippen molar-refractivity contribution in [2.75, 3.05) is 39.3 Å². The summed E-state index contributed by atoms with van der Waals surface area (Å²) in [5, 5.41) is 0. The summed E-state index contributed by atoms with van der Waals surface area (Å²) in [6.45, 7) is 5.87. The van der Waals surface area contributed by atoms with Gasteiger partial charge in [-0.25, -0.2) is 0 Å². The van der Waals surface area contributed by atoms with E-state index in [4.69, 9.17) is 5.73 Å². The summed E-state index contributed by atoms with van der Waals surface area (Å²) >= 11 is 0. The van der Waals surface area contributed by atoms with Crippen LogP contribution in [0.3, 0.4) is 0 Å². The maximum Gasteiger partial charge on any atom is 0.226 e. The molecule has 4 nitrogen and oxygen atoms in total. The Bertz CT molecular complexity index is 264. The van der Waals surface area contributed by atoms with Crippen LogP contribution in [0.5, 0.6) is 0 Å². The summed E-state index contributed by atoms with van der Waals surface area (Å²) < 4.78 is 0. The highest BCUT2D eigenvalue weighted by Gasteiger charge is 2.29. The Kier molecular flexibility index (Phi) is 5.45. The van der Waals surface area contributed by atoms with Crippen LogP contribution in [0.2, 0.25) is 0 Å². The molecule has 0 aromatic heterocycles.